The van der Waals surface area contributed by atoms with Gasteiger partial charge >= 0.3 is 0 Å². The number of nitrogens with two attached hydrogens (primary N) is 1. The predicted molar refractivity (Wildman–Crippen MR) is 72.7 cm³/mol. The van der Waals surface area contributed by atoms with Gasteiger partial charge < -0.3 is 20.2 Å². The normalized spacial score (nSPS) is 10.2. The first kappa shape index (κ1) is 13.5. The highest BCUT2D eigenvalue weighted by Crippen LogP contribution is 2.19. The molecule has 0 aliphatic rings. The maximum atomic E-state index is 11.8. The van der Waals surface area contributed by atoms with E-state index in [0.717, 1.165) is 0 Å². The van der Waals surface area contributed by atoms with Gasteiger partial charge in [0.1, 0.15) is 12.4 Å². The lowest BCUT2D eigenvalue weighted by atomic mass is 10.3. The van der Waals surface area contributed by atoms with Crippen molar-refractivity contribution in [2.24, 2.45) is 5.73 Å². The maximum absolute atomic E-state index is 11.8. The van der Waals surface area contributed by atoms with E-state index in [9.17, 15) is 4.79 Å². The van der Waals surface area contributed by atoms with Crippen LogP contribution in [0.25, 0.3) is 0 Å². The minimum atomic E-state index is -0.372. The molecule has 0 unspecified atom stereocenters. The van der Waals surface area contributed by atoms with Gasteiger partial charge in [-0.1, -0.05) is 6.07 Å². The lowest BCUT2D eigenvalue weighted by molar-refractivity contribution is 0.0997. The fourth-order valence-corrected chi connectivity index (χ4v) is 1.62. The molecular formula is C13H13ClN2O3. The molecule has 0 saturated carbocycles. The van der Waals surface area contributed by atoms with Crippen molar-refractivity contribution >= 4 is 23.2 Å². The van der Waals surface area contributed by atoms with Crippen LogP contribution in [0, 0.1) is 0 Å². The molecule has 19 heavy (non-hydrogen) atoms. The number of carbonyl (C=O) groups is 1. The second kappa shape index (κ2) is 6.26. The minimum Gasteiger partial charge on any atom is -0.492 e. The van der Waals surface area contributed by atoms with E-state index >= 15 is 0 Å². The van der Waals surface area contributed by atoms with Gasteiger partial charge in [-0.3, -0.25) is 4.79 Å². The van der Waals surface area contributed by atoms with E-state index in [2.05, 4.69) is 5.32 Å². The smallest absolute Gasteiger partial charge is 0.291 e. The van der Waals surface area contributed by atoms with Crippen LogP contribution in [-0.4, -0.2) is 19.1 Å². The third-order valence-corrected chi connectivity index (χ3v) is 2.48. The number of carbonyl (C=O) groups excluding carboxylic acids is 1. The van der Waals surface area contributed by atoms with Crippen molar-refractivity contribution in [2.75, 3.05) is 18.5 Å². The molecule has 0 aliphatic carbocycles. The Balaban J connectivity index is 2.04. The summed E-state index contributed by atoms with van der Waals surface area (Å²) in [4.78, 5) is 11.8. The zero-order valence-corrected chi connectivity index (χ0v) is 10.8. The zero-order valence-electron chi connectivity index (χ0n) is 10.1. The van der Waals surface area contributed by atoms with Gasteiger partial charge in [-0.15, -0.1) is 0 Å². The Morgan fingerprint density at radius 1 is 1.37 bits per heavy atom. The summed E-state index contributed by atoms with van der Waals surface area (Å²) in [5.74, 6) is 0.418. The van der Waals surface area contributed by atoms with Crippen molar-refractivity contribution in [2.45, 2.75) is 0 Å². The molecule has 1 aromatic carbocycles. The van der Waals surface area contributed by atoms with Gasteiger partial charge in [-0.05, 0) is 35.9 Å². The van der Waals surface area contributed by atoms with Crippen LogP contribution < -0.4 is 15.8 Å². The van der Waals surface area contributed by atoms with Crippen LogP contribution in [0.15, 0.2) is 40.8 Å². The van der Waals surface area contributed by atoms with Crippen molar-refractivity contribution in [3.8, 4) is 5.75 Å². The standard InChI is InChI=1S/C13H13ClN2O3/c14-12-5-4-11(19-12)13(17)16-9-2-1-3-10(8-9)18-7-6-15/h1-5,8H,6-7,15H2,(H,16,17). The number of benzene rings is 1. The zero-order chi connectivity index (χ0) is 13.7. The van der Waals surface area contributed by atoms with Crippen molar-refractivity contribution in [1.82, 2.24) is 0 Å². The number of furan rings is 1. The Bertz CT molecular complexity index is 569. The fraction of sp³-hybridized carbons (Fsp3) is 0.154. The number of hydrogen-bond acceptors (Lipinski definition) is 4. The van der Waals surface area contributed by atoms with Crippen LogP contribution in [-0.2, 0) is 0 Å². The van der Waals surface area contributed by atoms with Gasteiger partial charge in [-0.25, -0.2) is 0 Å². The molecule has 1 amide bonds. The largest absolute Gasteiger partial charge is 0.492 e. The number of hydrogen-bond donors (Lipinski definition) is 2. The minimum absolute atomic E-state index is 0.151. The highest BCUT2D eigenvalue weighted by Gasteiger charge is 2.10. The first-order valence-electron chi connectivity index (χ1n) is 5.68. The highest BCUT2D eigenvalue weighted by atomic mass is 35.5. The molecule has 1 aromatic heterocycles. The fourth-order valence-electron chi connectivity index (χ4n) is 1.47. The first-order chi connectivity index (χ1) is 9.19. The van der Waals surface area contributed by atoms with Crippen LogP contribution in [0.5, 0.6) is 5.75 Å². The number of ether oxygens (including phenoxy) is 1. The van der Waals surface area contributed by atoms with E-state index in [-0.39, 0.29) is 16.9 Å². The van der Waals surface area contributed by atoms with Gasteiger partial charge in [-0.2, -0.15) is 0 Å². The third kappa shape index (κ3) is 3.74. The molecule has 2 rings (SSSR count). The van der Waals surface area contributed by atoms with Crippen LogP contribution in [0.3, 0.4) is 0 Å². The lowest BCUT2D eigenvalue weighted by Gasteiger charge is -2.07. The molecule has 5 nitrogen and oxygen atoms in total. The molecule has 1 heterocycles. The average Bonchev–Trinajstić information content (AvgIpc) is 2.83. The summed E-state index contributed by atoms with van der Waals surface area (Å²) < 4.78 is 10.4. The van der Waals surface area contributed by atoms with Crippen molar-refractivity contribution < 1.29 is 13.9 Å². The molecule has 0 atom stereocenters. The monoisotopic (exact) mass is 280 g/mol. The van der Waals surface area contributed by atoms with E-state index < -0.39 is 0 Å². The summed E-state index contributed by atoms with van der Waals surface area (Å²) in [7, 11) is 0. The van der Waals surface area contributed by atoms with Crippen molar-refractivity contribution in [3.05, 3.63) is 47.4 Å². The van der Waals surface area contributed by atoms with Crippen LogP contribution >= 0.6 is 11.6 Å². The Kier molecular flexibility index (Phi) is 4.43. The molecular weight excluding hydrogens is 268 g/mol. The van der Waals surface area contributed by atoms with Gasteiger partial charge in [0.2, 0.25) is 0 Å². The van der Waals surface area contributed by atoms with Crippen LogP contribution in [0.2, 0.25) is 5.22 Å². The summed E-state index contributed by atoms with van der Waals surface area (Å²) in [5.41, 5.74) is 5.96. The first-order valence-corrected chi connectivity index (χ1v) is 6.06. The van der Waals surface area contributed by atoms with Gasteiger partial charge in [0, 0.05) is 18.3 Å². The molecule has 0 saturated heterocycles. The Morgan fingerprint density at radius 3 is 2.89 bits per heavy atom. The summed E-state index contributed by atoms with van der Waals surface area (Å²) in [6.45, 7) is 0.854. The van der Waals surface area contributed by atoms with E-state index in [0.29, 0.717) is 24.6 Å². The number of anilines is 1. The molecule has 3 N–H and O–H groups in total. The van der Waals surface area contributed by atoms with Gasteiger partial charge in [0.15, 0.2) is 11.0 Å². The van der Waals surface area contributed by atoms with Gasteiger partial charge in [0.05, 0.1) is 0 Å². The van der Waals surface area contributed by atoms with E-state index in [1.807, 2.05) is 0 Å². The molecule has 6 heteroatoms. The second-order valence-electron chi connectivity index (χ2n) is 3.72. The Labute approximate surface area is 115 Å². The van der Waals surface area contributed by atoms with E-state index in [1.54, 1.807) is 24.3 Å². The summed E-state index contributed by atoms with van der Waals surface area (Å²) in [5, 5.41) is 2.86. The molecule has 2 aromatic rings. The Morgan fingerprint density at radius 2 is 2.21 bits per heavy atom. The van der Waals surface area contributed by atoms with Crippen LogP contribution in [0.1, 0.15) is 10.6 Å². The van der Waals surface area contributed by atoms with E-state index in [1.165, 1.54) is 12.1 Å². The second-order valence-corrected chi connectivity index (χ2v) is 4.10. The quantitative estimate of drug-likeness (QED) is 0.882. The molecule has 0 spiro atoms. The lowest BCUT2D eigenvalue weighted by Crippen LogP contribution is -2.12. The SMILES string of the molecule is NCCOc1cccc(NC(=O)c2ccc(Cl)o2)c1. The molecule has 0 radical (unpaired) electrons. The maximum Gasteiger partial charge on any atom is 0.291 e. The van der Waals surface area contributed by atoms with Crippen LogP contribution in [0.4, 0.5) is 5.69 Å². The summed E-state index contributed by atoms with van der Waals surface area (Å²) >= 11 is 5.61. The number of halogens is 1. The van der Waals surface area contributed by atoms with Gasteiger partial charge in [0.25, 0.3) is 5.91 Å². The highest BCUT2D eigenvalue weighted by molar-refractivity contribution is 6.29. The average molecular weight is 281 g/mol. The molecule has 0 bridgehead atoms. The molecule has 0 fully saturated rings. The van der Waals surface area contributed by atoms with E-state index in [4.69, 9.17) is 26.5 Å². The number of rotatable bonds is 5. The summed E-state index contributed by atoms with van der Waals surface area (Å²) in [6, 6.07) is 10.0. The Hall–Kier alpha value is -1.98. The molecule has 0 aliphatic heterocycles. The van der Waals surface area contributed by atoms with Crippen molar-refractivity contribution in [3.63, 3.8) is 0 Å². The number of nitrogens with one attached hydrogen (secondary N) is 1. The number of amides is 1. The topological polar surface area (TPSA) is 77.5 Å². The van der Waals surface area contributed by atoms with Crippen molar-refractivity contribution in [1.29, 1.82) is 0 Å². The summed E-state index contributed by atoms with van der Waals surface area (Å²) in [6.07, 6.45) is 0. The predicted octanol–water partition coefficient (Wildman–Crippen LogP) is 2.52. The third-order valence-electron chi connectivity index (χ3n) is 2.28. The molecule has 100 valence electrons.